The zero-order valence-electron chi connectivity index (χ0n) is 16.6. The molecule has 29 heavy (non-hydrogen) atoms. The minimum Gasteiger partial charge on any atom is -0.350 e. The maximum absolute atomic E-state index is 13.5. The molecule has 4 heterocycles. The molecule has 3 aliphatic rings. The van der Waals surface area contributed by atoms with Crippen molar-refractivity contribution in [1.29, 1.82) is 0 Å². The fraction of sp³-hybridized carbons (Fsp3) is 0.333. The normalized spacial score (nSPS) is 21.6. The lowest BCUT2D eigenvalue weighted by atomic mass is 9.93. The molecule has 2 bridgehead atoms. The molecule has 3 saturated heterocycles. The number of carbonyl (C=O) groups excluding carboxylic acids is 2. The van der Waals surface area contributed by atoms with Gasteiger partial charge in [-0.15, -0.1) is 0 Å². The van der Waals surface area contributed by atoms with Gasteiger partial charge < -0.3 is 14.4 Å². The van der Waals surface area contributed by atoms with Crippen LogP contribution < -0.4 is 0 Å². The maximum atomic E-state index is 13.5. The Labute approximate surface area is 170 Å². The summed E-state index contributed by atoms with van der Waals surface area (Å²) in [6.45, 7) is 1.75. The first-order valence-electron chi connectivity index (χ1n) is 10.3. The number of aromatic nitrogens is 1. The highest BCUT2D eigenvalue weighted by Gasteiger charge is 2.42. The number of fused-ring (bicyclic) bond motifs is 5. The second-order valence-electron chi connectivity index (χ2n) is 8.26. The van der Waals surface area contributed by atoms with Gasteiger partial charge in [0.15, 0.2) is 0 Å². The molecule has 0 spiro atoms. The summed E-state index contributed by atoms with van der Waals surface area (Å²) >= 11 is 0. The fourth-order valence-corrected chi connectivity index (χ4v) is 4.88. The Kier molecular flexibility index (Phi) is 4.38. The number of piperidine rings is 1. The van der Waals surface area contributed by atoms with Gasteiger partial charge in [0.2, 0.25) is 5.91 Å². The van der Waals surface area contributed by atoms with E-state index >= 15 is 0 Å². The van der Waals surface area contributed by atoms with Crippen LogP contribution in [-0.4, -0.2) is 45.3 Å². The standard InChI is InChI=1S/C24H25N3O2/c1-25-16-21(20-9-5-6-10-22(20)25)24(29)26-14-18-11-12-19(15-26)27(23(18)28)13-17-7-3-2-4-8-17/h2-10,16,18-19H,11-15H2,1H3/t18-,19+/m0/s1. The van der Waals surface area contributed by atoms with Crippen LogP contribution in [0.15, 0.2) is 60.8 Å². The number of amides is 2. The van der Waals surface area contributed by atoms with E-state index in [9.17, 15) is 9.59 Å². The van der Waals surface area contributed by atoms with Crippen molar-refractivity contribution in [3.63, 3.8) is 0 Å². The molecule has 148 valence electrons. The summed E-state index contributed by atoms with van der Waals surface area (Å²) in [5.74, 6) is 0.128. The van der Waals surface area contributed by atoms with Crippen molar-refractivity contribution in [3.05, 3.63) is 71.9 Å². The zero-order chi connectivity index (χ0) is 20.0. The first-order chi connectivity index (χ1) is 14.1. The molecular formula is C24H25N3O2. The number of nitrogens with zero attached hydrogens (tertiary/aromatic N) is 3. The van der Waals surface area contributed by atoms with Crippen molar-refractivity contribution < 1.29 is 9.59 Å². The number of benzene rings is 2. The van der Waals surface area contributed by atoms with Crippen molar-refractivity contribution >= 4 is 22.7 Å². The summed E-state index contributed by atoms with van der Waals surface area (Å²) in [7, 11) is 1.97. The Morgan fingerprint density at radius 2 is 1.76 bits per heavy atom. The van der Waals surface area contributed by atoms with Crippen LogP contribution in [0.5, 0.6) is 0 Å². The van der Waals surface area contributed by atoms with Gasteiger partial charge in [-0.2, -0.15) is 0 Å². The zero-order valence-corrected chi connectivity index (χ0v) is 16.6. The molecule has 3 fully saturated rings. The lowest BCUT2D eigenvalue weighted by Crippen LogP contribution is -2.47. The van der Waals surface area contributed by atoms with Crippen molar-refractivity contribution in [1.82, 2.24) is 14.4 Å². The number of hydrogen-bond acceptors (Lipinski definition) is 2. The van der Waals surface area contributed by atoms with Crippen LogP contribution in [0.25, 0.3) is 10.9 Å². The molecule has 2 amide bonds. The number of carbonyl (C=O) groups is 2. The van der Waals surface area contributed by atoms with E-state index in [-0.39, 0.29) is 23.8 Å². The monoisotopic (exact) mass is 387 g/mol. The second kappa shape index (κ2) is 7.07. The van der Waals surface area contributed by atoms with Gasteiger partial charge in [-0.25, -0.2) is 0 Å². The lowest BCUT2D eigenvalue weighted by Gasteiger charge is -2.36. The van der Waals surface area contributed by atoms with Gasteiger partial charge in [0.25, 0.3) is 5.91 Å². The molecule has 0 saturated carbocycles. The molecule has 0 radical (unpaired) electrons. The molecule has 1 aromatic heterocycles. The van der Waals surface area contributed by atoms with Crippen LogP contribution in [0.4, 0.5) is 0 Å². The molecular weight excluding hydrogens is 362 g/mol. The number of para-hydroxylation sites is 1. The molecule has 6 rings (SSSR count). The smallest absolute Gasteiger partial charge is 0.256 e. The molecule has 0 unspecified atom stereocenters. The van der Waals surface area contributed by atoms with E-state index in [1.807, 2.05) is 70.1 Å². The molecule has 5 heteroatoms. The number of aryl methyl sites for hydroxylation is 1. The number of rotatable bonds is 3. The predicted molar refractivity (Wildman–Crippen MR) is 112 cm³/mol. The maximum Gasteiger partial charge on any atom is 0.256 e. The van der Waals surface area contributed by atoms with E-state index in [1.165, 1.54) is 0 Å². The first-order valence-corrected chi connectivity index (χ1v) is 10.3. The van der Waals surface area contributed by atoms with E-state index in [0.717, 1.165) is 34.9 Å². The second-order valence-corrected chi connectivity index (χ2v) is 8.26. The van der Waals surface area contributed by atoms with E-state index in [1.54, 1.807) is 0 Å². The summed E-state index contributed by atoms with van der Waals surface area (Å²) in [5.41, 5.74) is 2.92. The van der Waals surface area contributed by atoms with Crippen molar-refractivity contribution in [3.8, 4) is 0 Å². The van der Waals surface area contributed by atoms with Gasteiger partial charge in [-0.05, 0) is 24.5 Å². The van der Waals surface area contributed by atoms with Crippen LogP contribution in [-0.2, 0) is 18.4 Å². The Morgan fingerprint density at radius 1 is 1.00 bits per heavy atom. The highest BCUT2D eigenvalue weighted by Crippen LogP contribution is 2.32. The molecule has 3 aromatic rings. The van der Waals surface area contributed by atoms with E-state index in [4.69, 9.17) is 0 Å². The fourth-order valence-electron chi connectivity index (χ4n) is 4.88. The summed E-state index contributed by atoms with van der Waals surface area (Å²) in [5, 5.41) is 0.976. The van der Waals surface area contributed by atoms with Gasteiger partial charge in [0.05, 0.1) is 11.5 Å². The van der Waals surface area contributed by atoms with Crippen LogP contribution in [0, 0.1) is 5.92 Å². The Morgan fingerprint density at radius 3 is 2.59 bits per heavy atom. The number of hydrogen-bond donors (Lipinski definition) is 0. The van der Waals surface area contributed by atoms with E-state index < -0.39 is 0 Å². The Balaban J connectivity index is 1.43. The third-order valence-corrected chi connectivity index (χ3v) is 6.40. The Bertz CT molecular complexity index is 1070. The van der Waals surface area contributed by atoms with E-state index in [2.05, 4.69) is 12.1 Å². The quantitative estimate of drug-likeness (QED) is 0.691. The van der Waals surface area contributed by atoms with Crippen LogP contribution >= 0.6 is 0 Å². The third-order valence-electron chi connectivity index (χ3n) is 6.40. The molecule has 2 atom stereocenters. The van der Waals surface area contributed by atoms with Crippen LogP contribution in [0.3, 0.4) is 0 Å². The van der Waals surface area contributed by atoms with Crippen LogP contribution in [0.1, 0.15) is 28.8 Å². The summed E-state index contributed by atoms with van der Waals surface area (Å²) < 4.78 is 2.00. The summed E-state index contributed by atoms with van der Waals surface area (Å²) in [6, 6.07) is 18.2. The molecule has 3 aliphatic heterocycles. The summed E-state index contributed by atoms with van der Waals surface area (Å²) in [4.78, 5) is 30.5. The van der Waals surface area contributed by atoms with Crippen LogP contribution in [0.2, 0.25) is 0 Å². The molecule has 0 aliphatic carbocycles. The van der Waals surface area contributed by atoms with Crippen molar-refractivity contribution in [2.24, 2.45) is 13.0 Å². The van der Waals surface area contributed by atoms with Crippen molar-refractivity contribution in [2.75, 3.05) is 13.1 Å². The summed E-state index contributed by atoms with van der Waals surface area (Å²) in [6.07, 6.45) is 3.75. The highest BCUT2D eigenvalue weighted by molar-refractivity contribution is 6.07. The topological polar surface area (TPSA) is 45.6 Å². The minimum absolute atomic E-state index is 0.0352. The van der Waals surface area contributed by atoms with Gasteiger partial charge in [-0.3, -0.25) is 9.59 Å². The lowest BCUT2D eigenvalue weighted by molar-refractivity contribution is -0.140. The third kappa shape index (κ3) is 3.11. The van der Waals surface area contributed by atoms with E-state index in [0.29, 0.717) is 19.6 Å². The average Bonchev–Trinajstić information content (AvgIpc) is 2.89. The molecule has 5 nitrogen and oxygen atoms in total. The average molecular weight is 387 g/mol. The minimum atomic E-state index is -0.101. The largest absolute Gasteiger partial charge is 0.350 e. The van der Waals surface area contributed by atoms with Gasteiger partial charge in [-0.1, -0.05) is 48.5 Å². The van der Waals surface area contributed by atoms with Crippen molar-refractivity contribution in [2.45, 2.75) is 25.4 Å². The Hall–Kier alpha value is -3.08. The SMILES string of the molecule is Cn1cc(C(=O)N2C[C@@H]3CC[C@H](C2)N(Cc2ccccc2)C3=O)c2ccccc21. The molecule has 0 N–H and O–H groups in total. The first kappa shape index (κ1) is 18.0. The highest BCUT2D eigenvalue weighted by atomic mass is 16.2. The van der Waals surface area contributed by atoms with Gasteiger partial charge in [0, 0.05) is 49.8 Å². The van der Waals surface area contributed by atoms with Gasteiger partial charge >= 0.3 is 0 Å². The van der Waals surface area contributed by atoms with Gasteiger partial charge in [0.1, 0.15) is 0 Å². The predicted octanol–water partition coefficient (Wildman–Crippen LogP) is 3.44. The molecule has 2 aromatic carbocycles.